The maximum atomic E-state index is 11.7. The molecule has 1 aromatic rings. The van der Waals surface area contributed by atoms with E-state index in [1.54, 1.807) is 6.07 Å². The van der Waals surface area contributed by atoms with Gasteiger partial charge in [0, 0.05) is 24.4 Å². The van der Waals surface area contributed by atoms with Crippen LogP contribution < -0.4 is 10.6 Å². The van der Waals surface area contributed by atoms with Crippen LogP contribution in [0.1, 0.15) is 19.8 Å². The quantitative estimate of drug-likeness (QED) is 0.544. The molecule has 0 aliphatic rings. The van der Waals surface area contributed by atoms with E-state index in [1.165, 1.54) is 12.1 Å². The number of aliphatic hydroxyl groups is 1. The van der Waals surface area contributed by atoms with Crippen LogP contribution in [0.25, 0.3) is 0 Å². The van der Waals surface area contributed by atoms with Gasteiger partial charge in [-0.15, -0.1) is 0 Å². The topological polar surface area (TPSA) is 104 Å². The van der Waals surface area contributed by atoms with Gasteiger partial charge in [-0.2, -0.15) is 0 Å². The van der Waals surface area contributed by atoms with Crippen LogP contribution in [0.2, 0.25) is 0 Å². The second-order valence-corrected chi connectivity index (χ2v) is 5.14. The third-order valence-electron chi connectivity index (χ3n) is 2.57. The summed E-state index contributed by atoms with van der Waals surface area (Å²) in [4.78, 5) is 21.9. The summed E-state index contributed by atoms with van der Waals surface area (Å²) in [5, 5.41) is 24.7. The molecule has 1 atom stereocenters. The highest BCUT2D eigenvalue weighted by molar-refractivity contribution is 9.10. The summed E-state index contributed by atoms with van der Waals surface area (Å²) in [6, 6.07) is 3.82. The van der Waals surface area contributed by atoms with Crippen molar-refractivity contribution >= 4 is 33.3 Å². The Morgan fingerprint density at radius 3 is 2.85 bits per heavy atom. The van der Waals surface area contributed by atoms with Gasteiger partial charge in [0.1, 0.15) is 0 Å². The van der Waals surface area contributed by atoms with E-state index in [2.05, 4.69) is 26.6 Å². The van der Waals surface area contributed by atoms with E-state index in [0.717, 1.165) is 0 Å². The van der Waals surface area contributed by atoms with Crippen molar-refractivity contribution in [1.82, 2.24) is 5.32 Å². The molecule has 0 aliphatic carbocycles. The zero-order chi connectivity index (χ0) is 15.1. The monoisotopic (exact) mass is 345 g/mol. The van der Waals surface area contributed by atoms with E-state index in [9.17, 15) is 14.9 Å². The largest absolute Gasteiger partial charge is 0.396 e. The number of hydrogen-bond acceptors (Lipinski definition) is 4. The summed E-state index contributed by atoms with van der Waals surface area (Å²) in [6.45, 7) is 1.89. The SMILES string of the molecule is CC(CCCO)NC(=O)Nc1ccc(Br)c([N+](=O)[O-])c1. The van der Waals surface area contributed by atoms with Crippen LogP contribution in [-0.2, 0) is 0 Å². The van der Waals surface area contributed by atoms with Gasteiger partial charge in [-0.3, -0.25) is 10.1 Å². The number of nitrogens with one attached hydrogen (secondary N) is 2. The third-order valence-corrected chi connectivity index (χ3v) is 3.24. The van der Waals surface area contributed by atoms with Crippen LogP contribution >= 0.6 is 15.9 Å². The number of urea groups is 1. The standard InChI is InChI=1S/C12H16BrN3O4/c1-8(3-2-6-17)14-12(18)15-9-4-5-10(13)11(7-9)16(19)20/h4-5,7-8,17H,2-3,6H2,1H3,(H2,14,15,18). The van der Waals surface area contributed by atoms with Crippen LogP contribution in [0.15, 0.2) is 22.7 Å². The minimum Gasteiger partial charge on any atom is -0.396 e. The first-order chi connectivity index (χ1) is 9.43. The highest BCUT2D eigenvalue weighted by atomic mass is 79.9. The normalized spacial score (nSPS) is 11.8. The van der Waals surface area contributed by atoms with E-state index in [0.29, 0.717) is 23.0 Å². The zero-order valence-electron chi connectivity index (χ0n) is 10.9. The van der Waals surface area contributed by atoms with Crippen molar-refractivity contribution in [3.8, 4) is 0 Å². The lowest BCUT2D eigenvalue weighted by Crippen LogP contribution is -2.36. The molecule has 8 heteroatoms. The molecule has 2 amide bonds. The van der Waals surface area contributed by atoms with Gasteiger partial charge in [0.15, 0.2) is 0 Å². The predicted octanol–water partition coefficient (Wildman–Crippen LogP) is 2.64. The molecule has 0 radical (unpaired) electrons. The van der Waals surface area contributed by atoms with E-state index < -0.39 is 11.0 Å². The Bertz CT molecular complexity index is 496. The smallest absolute Gasteiger partial charge is 0.319 e. The number of carbonyl (C=O) groups is 1. The van der Waals surface area contributed by atoms with Gasteiger partial charge >= 0.3 is 6.03 Å². The molecular formula is C12H16BrN3O4. The van der Waals surface area contributed by atoms with Crippen LogP contribution in [0.5, 0.6) is 0 Å². The van der Waals surface area contributed by atoms with Gasteiger partial charge in [-0.1, -0.05) is 0 Å². The molecule has 0 heterocycles. The minimum absolute atomic E-state index is 0.0759. The fraction of sp³-hybridized carbons (Fsp3) is 0.417. The summed E-state index contributed by atoms with van der Waals surface area (Å²) in [7, 11) is 0. The Hall–Kier alpha value is -1.67. The van der Waals surface area contributed by atoms with Crippen molar-refractivity contribution in [1.29, 1.82) is 0 Å². The van der Waals surface area contributed by atoms with Crippen LogP contribution in [0, 0.1) is 10.1 Å². The van der Waals surface area contributed by atoms with Gasteiger partial charge in [0.25, 0.3) is 5.69 Å². The molecule has 0 fully saturated rings. The number of aliphatic hydroxyl groups excluding tert-OH is 1. The third kappa shape index (κ3) is 5.14. The zero-order valence-corrected chi connectivity index (χ0v) is 12.5. The highest BCUT2D eigenvalue weighted by Crippen LogP contribution is 2.27. The molecule has 7 nitrogen and oxygen atoms in total. The number of nitro groups is 1. The summed E-state index contributed by atoms with van der Waals surface area (Å²) < 4.78 is 0.352. The molecular weight excluding hydrogens is 330 g/mol. The van der Waals surface area contributed by atoms with E-state index in [1.807, 2.05) is 6.92 Å². The first-order valence-electron chi connectivity index (χ1n) is 6.06. The Morgan fingerprint density at radius 2 is 2.25 bits per heavy atom. The molecule has 0 aliphatic heterocycles. The number of hydrogen-bond donors (Lipinski definition) is 3. The maximum absolute atomic E-state index is 11.7. The molecule has 110 valence electrons. The number of nitro benzene ring substituents is 1. The Kier molecular flexibility index (Phi) is 6.40. The number of nitrogens with zero attached hydrogens (tertiary/aromatic N) is 1. The first-order valence-corrected chi connectivity index (χ1v) is 6.85. The summed E-state index contributed by atoms with van der Waals surface area (Å²) >= 11 is 3.07. The molecule has 1 aromatic carbocycles. The number of benzene rings is 1. The van der Waals surface area contributed by atoms with Crippen LogP contribution in [-0.4, -0.2) is 28.7 Å². The lowest BCUT2D eigenvalue weighted by molar-refractivity contribution is -0.385. The Labute approximate surface area is 124 Å². The molecule has 0 aromatic heterocycles. The van der Waals surface area contributed by atoms with Gasteiger partial charge in [-0.25, -0.2) is 4.79 Å². The number of amides is 2. The fourth-order valence-corrected chi connectivity index (χ4v) is 1.98. The summed E-state index contributed by atoms with van der Waals surface area (Å²) in [6.07, 6.45) is 1.26. The number of halogens is 1. The van der Waals surface area contributed by atoms with Gasteiger partial charge in [0.05, 0.1) is 9.40 Å². The Balaban J connectivity index is 2.62. The molecule has 0 spiro atoms. The van der Waals surface area contributed by atoms with Crippen LogP contribution in [0.4, 0.5) is 16.2 Å². The molecule has 20 heavy (non-hydrogen) atoms. The van der Waals surface area contributed by atoms with Gasteiger partial charge in [-0.05, 0) is 47.8 Å². The molecule has 1 rings (SSSR count). The molecule has 0 bridgehead atoms. The van der Waals surface area contributed by atoms with E-state index in [4.69, 9.17) is 5.11 Å². The lowest BCUT2D eigenvalue weighted by atomic mass is 10.2. The van der Waals surface area contributed by atoms with Crippen molar-refractivity contribution in [2.75, 3.05) is 11.9 Å². The lowest BCUT2D eigenvalue weighted by Gasteiger charge is -2.14. The first kappa shape index (κ1) is 16.4. The fourth-order valence-electron chi connectivity index (χ4n) is 1.59. The van der Waals surface area contributed by atoms with Crippen molar-refractivity contribution in [3.63, 3.8) is 0 Å². The summed E-state index contributed by atoms with van der Waals surface area (Å²) in [5.74, 6) is 0. The average Bonchev–Trinajstić information content (AvgIpc) is 2.38. The van der Waals surface area contributed by atoms with E-state index >= 15 is 0 Å². The summed E-state index contributed by atoms with van der Waals surface area (Å²) in [5.41, 5.74) is 0.225. The number of carbonyl (C=O) groups excluding carboxylic acids is 1. The molecule has 0 saturated heterocycles. The van der Waals surface area contributed by atoms with Crippen molar-refractivity contribution < 1.29 is 14.8 Å². The number of rotatable bonds is 6. The molecule has 1 unspecified atom stereocenters. The van der Waals surface area contributed by atoms with Crippen molar-refractivity contribution in [2.45, 2.75) is 25.8 Å². The Morgan fingerprint density at radius 1 is 1.55 bits per heavy atom. The van der Waals surface area contributed by atoms with Crippen LogP contribution in [0.3, 0.4) is 0 Å². The van der Waals surface area contributed by atoms with E-state index in [-0.39, 0.29) is 18.3 Å². The number of anilines is 1. The van der Waals surface area contributed by atoms with Gasteiger partial charge < -0.3 is 15.7 Å². The predicted molar refractivity (Wildman–Crippen MR) is 78.7 cm³/mol. The second-order valence-electron chi connectivity index (χ2n) is 4.29. The molecule has 3 N–H and O–H groups in total. The molecule has 0 saturated carbocycles. The maximum Gasteiger partial charge on any atom is 0.319 e. The van der Waals surface area contributed by atoms with Gasteiger partial charge in [0.2, 0.25) is 0 Å². The van der Waals surface area contributed by atoms with Crippen molar-refractivity contribution in [3.05, 3.63) is 32.8 Å². The van der Waals surface area contributed by atoms with Crippen molar-refractivity contribution in [2.24, 2.45) is 0 Å². The highest BCUT2D eigenvalue weighted by Gasteiger charge is 2.14. The second kappa shape index (κ2) is 7.81. The average molecular weight is 346 g/mol. The minimum atomic E-state index is -0.531.